The van der Waals surface area contributed by atoms with E-state index >= 15 is 0 Å². The average molecular weight is 581 g/mol. The van der Waals surface area contributed by atoms with E-state index in [-0.39, 0.29) is 0 Å². The fourth-order valence-corrected chi connectivity index (χ4v) is 28.6. The van der Waals surface area contributed by atoms with Gasteiger partial charge in [-0.15, -0.1) is 26.3 Å². The van der Waals surface area contributed by atoms with E-state index in [1.165, 1.54) is 0 Å². The molecular weight excluding hydrogens is 545 g/mol. The second kappa shape index (κ2) is 12.4. The Morgan fingerprint density at radius 1 is 0.438 bits per heavy atom. The van der Waals surface area contributed by atoms with E-state index in [1.807, 2.05) is 52.4 Å². The van der Waals surface area contributed by atoms with E-state index in [1.54, 1.807) is 22.8 Å². The Labute approximate surface area is 205 Å². The highest BCUT2D eigenvalue weighted by Gasteiger charge is 2.66. The molecule has 0 aliphatic carbocycles. The van der Waals surface area contributed by atoms with Crippen molar-refractivity contribution in [2.75, 3.05) is 0 Å². The minimum absolute atomic E-state index is 1.28. The summed E-state index contributed by atoms with van der Waals surface area (Å²) in [5.41, 5.74) is 6.31. The fourth-order valence-electron chi connectivity index (χ4n) is 2.68. The quantitative estimate of drug-likeness (QED) is 0.323. The zero-order chi connectivity index (χ0) is 24.8. The Hall–Kier alpha value is 0.375. The van der Waals surface area contributed by atoms with Crippen molar-refractivity contribution in [3.63, 3.8) is 0 Å². The second-order valence-electron chi connectivity index (χ2n) is 7.68. The van der Waals surface area contributed by atoms with Crippen LogP contribution in [-0.2, 0) is 32.9 Å². The van der Waals surface area contributed by atoms with Crippen LogP contribution in [0.5, 0.6) is 0 Å². The number of hydrogen-bond acceptors (Lipinski definition) is 8. The number of hydrogen-bond donors (Lipinski definition) is 0. The first-order valence-electron chi connectivity index (χ1n) is 10.1. The molecule has 1 aliphatic rings. The van der Waals surface area contributed by atoms with Gasteiger partial charge in [0.1, 0.15) is 0 Å². The summed E-state index contributed by atoms with van der Waals surface area (Å²) in [6.45, 7) is 31.9. The smallest absolute Gasteiger partial charge is 0.413 e. The molecular formula is C16H36O8Si8. The maximum Gasteiger partial charge on any atom is 0.504 e. The van der Waals surface area contributed by atoms with Crippen molar-refractivity contribution in [3.05, 3.63) is 49.1 Å². The lowest BCUT2D eigenvalue weighted by atomic mass is 11.3. The van der Waals surface area contributed by atoms with Gasteiger partial charge in [0.2, 0.25) is 0 Å². The summed E-state index contributed by atoms with van der Waals surface area (Å²) in [5.74, 6) is 0. The van der Waals surface area contributed by atoms with Gasteiger partial charge in [0, 0.05) is 0 Å². The van der Waals surface area contributed by atoms with Crippen molar-refractivity contribution in [1.29, 1.82) is 0 Å². The van der Waals surface area contributed by atoms with E-state index in [0.29, 0.717) is 0 Å². The van der Waals surface area contributed by atoms with Crippen molar-refractivity contribution in [2.45, 2.75) is 52.4 Å². The first kappa shape index (κ1) is 30.4. The fraction of sp³-hybridized carbons (Fsp3) is 0.500. The van der Waals surface area contributed by atoms with Crippen LogP contribution in [0, 0.1) is 0 Å². The van der Waals surface area contributed by atoms with Crippen LogP contribution in [0.1, 0.15) is 0 Å². The summed E-state index contributed by atoms with van der Waals surface area (Å²) in [6, 6.07) is 0. The highest BCUT2D eigenvalue weighted by atomic mass is 28.6. The van der Waals surface area contributed by atoms with Crippen LogP contribution in [0.25, 0.3) is 0 Å². The van der Waals surface area contributed by atoms with Gasteiger partial charge in [-0.25, -0.2) is 0 Å². The molecule has 0 aromatic carbocycles. The summed E-state index contributed by atoms with van der Waals surface area (Å²) in [6.07, 6.45) is 0. The molecule has 1 saturated heterocycles. The molecule has 1 aliphatic heterocycles. The van der Waals surface area contributed by atoms with Crippen molar-refractivity contribution < 1.29 is 32.9 Å². The van der Waals surface area contributed by atoms with Crippen molar-refractivity contribution in [2.24, 2.45) is 0 Å². The van der Waals surface area contributed by atoms with Crippen LogP contribution in [-0.4, -0.2) is 71.4 Å². The van der Waals surface area contributed by atoms with Crippen molar-refractivity contribution in [1.82, 2.24) is 0 Å². The lowest BCUT2D eigenvalue weighted by Crippen LogP contribution is -2.73. The van der Waals surface area contributed by atoms with Gasteiger partial charge in [0.05, 0.1) is 0 Å². The SMILES string of the molecule is C=C[Si]1(O[Si](C)C)O[Si](C=C)(O[Si](C)C)O[Si](C=C)(O[Si](C)C)O[Si](C=C)(O[Si](C)C)O1. The van der Waals surface area contributed by atoms with Gasteiger partial charge < -0.3 is 32.9 Å². The molecule has 1 heterocycles. The maximum absolute atomic E-state index is 6.62. The largest absolute Gasteiger partial charge is 0.504 e. The highest BCUT2D eigenvalue weighted by Crippen LogP contribution is 2.36. The van der Waals surface area contributed by atoms with E-state index in [0.717, 1.165) is 0 Å². The van der Waals surface area contributed by atoms with Gasteiger partial charge in [-0.05, 0) is 75.2 Å². The third-order valence-corrected chi connectivity index (χ3v) is 25.7. The Bertz CT molecular complexity index is 554. The molecule has 0 aromatic rings. The molecule has 32 heavy (non-hydrogen) atoms. The Morgan fingerprint density at radius 3 is 0.688 bits per heavy atom. The predicted octanol–water partition coefficient (Wildman–Crippen LogP) is 3.79. The molecule has 0 amide bonds. The Morgan fingerprint density at radius 2 is 0.594 bits per heavy atom. The van der Waals surface area contributed by atoms with Gasteiger partial charge in [-0.2, -0.15) is 0 Å². The normalized spacial score (nSPS) is 33.9. The molecule has 0 N–H and O–H groups in total. The molecule has 16 heteroatoms. The Kier molecular flexibility index (Phi) is 11.8. The molecule has 1 rings (SSSR count). The van der Waals surface area contributed by atoms with Gasteiger partial charge in [0.15, 0.2) is 36.2 Å². The maximum atomic E-state index is 6.62. The lowest BCUT2D eigenvalue weighted by Gasteiger charge is -2.48. The summed E-state index contributed by atoms with van der Waals surface area (Å²) >= 11 is 0. The van der Waals surface area contributed by atoms with Crippen LogP contribution in [0.3, 0.4) is 0 Å². The summed E-state index contributed by atoms with van der Waals surface area (Å²) in [7, 11) is -19.5. The standard InChI is InChI=1S/C16H36O8Si8/c1-13-29(17-25(5)6)21-30(14-2,18-26(7)8)23-32(16-4,20-28(11)12)24-31(15-3,22-29)19-27(9)10/h13-16H,1-4H2,5-12H3. The minimum atomic E-state index is -3.60. The zero-order valence-corrected chi connectivity index (χ0v) is 28.4. The van der Waals surface area contributed by atoms with E-state index < -0.39 is 71.4 Å². The first-order chi connectivity index (χ1) is 14.7. The van der Waals surface area contributed by atoms with Crippen molar-refractivity contribution in [3.8, 4) is 0 Å². The molecule has 0 spiro atoms. The second-order valence-corrected chi connectivity index (χ2v) is 27.9. The molecule has 0 atom stereocenters. The molecule has 4 radical (unpaired) electrons. The van der Waals surface area contributed by atoms with Crippen LogP contribution in [0.4, 0.5) is 0 Å². The van der Waals surface area contributed by atoms with Gasteiger partial charge in [0.25, 0.3) is 0 Å². The minimum Gasteiger partial charge on any atom is -0.413 e. The van der Waals surface area contributed by atoms with Gasteiger partial charge in [-0.3, -0.25) is 0 Å². The predicted molar refractivity (Wildman–Crippen MR) is 142 cm³/mol. The van der Waals surface area contributed by atoms with Crippen LogP contribution in [0.15, 0.2) is 49.1 Å². The number of rotatable bonds is 12. The van der Waals surface area contributed by atoms with Crippen LogP contribution >= 0.6 is 0 Å². The van der Waals surface area contributed by atoms with E-state index in [4.69, 9.17) is 32.9 Å². The molecule has 0 unspecified atom stereocenters. The molecule has 0 saturated carbocycles. The monoisotopic (exact) mass is 580 g/mol. The van der Waals surface area contributed by atoms with Crippen molar-refractivity contribution >= 4 is 71.4 Å². The van der Waals surface area contributed by atoms with Crippen LogP contribution in [0.2, 0.25) is 52.4 Å². The van der Waals surface area contributed by atoms with Gasteiger partial charge in [-0.1, -0.05) is 0 Å². The highest BCUT2D eigenvalue weighted by molar-refractivity contribution is 6.97. The molecule has 0 aromatic heterocycles. The third kappa shape index (κ3) is 8.25. The van der Waals surface area contributed by atoms with Crippen LogP contribution < -0.4 is 0 Å². The third-order valence-electron chi connectivity index (χ3n) is 3.52. The topological polar surface area (TPSA) is 73.8 Å². The first-order valence-corrected chi connectivity index (χ1v) is 26.9. The summed E-state index contributed by atoms with van der Waals surface area (Å²) < 4.78 is 51.8. The summed E-state index contributed by atoms with van der Waals surface area (Å²) in [5, 5.41) is 0. The molecule has 8 nitrogen and oxygen atoms in total. The molecule has 0 bridgehead atoms. The average Bonchev–Trinajstić information content (AvgIpc) is 2.64. The Balaban J connectivity index is 3.82. The molecule has 1 fully saturated rings. The summed E-state index contributed by atoms with van der Waals surface area (Å²) in [4.78, 5) is 0. The lowest BCUT2D eigenvalue weighted by molar-refractivity contribution is 0.105. The molecule has 180 valence electrons. The van der Waals surface area contributed by atoms with Gasteiger partial charge >= 0.3 is 35.2 Å². The van der Waals surface area contributed by atoms with E-state index in [9.17, 15) is 0 Å². The zero-order valence-electron chi connectivity index (χ0n) is 20.4. The van der Waals surface area contributed by atoms with E-state index in [2.05, 4.69) is 26.3 Å².